The topological polar surface area (TPSA) is 84.0 Å². The van der Waals surface area contributed by atoms with Crippen molar-refractivity contribution in [2.75, 3.05) is 13.6 Å². The molecule has 0 fully saturated rings. The maximum Gasteiger partial charge on any atom is 0.258 e. The van der Waals surface area contributed by atoms with Gasteiger partial charge in [0.2, 0.25) is 0 Å². The van der Waals surface area contributed by atoms with E-state index in [4.69, 9.17) is 0 Å². The molecule has 0 saturated carbocycles. The first kappa shape index (κ1) is 15.6. The van der Waals surface area contributed by atoms with Crippen LogP contribution in [-0.2, 0) is 23.0 Å². The lowest BCUT2D eigenvalue weighted by Crippen LogP contribution is -2.27. The Balaban J connectivity index is 1.95. The van der Waals surface area contributed by atoms with Crippen LogP contribution in [0, 0.1) is 0 Å². The van der Waals surface area contributed by atoms with E-state index < -0.39 is 10.0 Å². The van der Waals surface area contributed by atoms with Gasteiger partial charge in [0, 0.05) is 37.6 Å². The normalized spacial score (nSPS) is 11.5. The second-order valence-corrected chi connectivity index (χ2v) is 6.22. The minimum atomic E-state index is -3.57. The number of aromatic nitrogens is 2. The summed E-state index contributed by atoms with van der Waals surface area (Å²) in [5, 5.41) is 3.01. The highest BCUT2D eigenvalue weighted by Gasteiger charge is 2.14. The van der Waals surface area contributed by atoms with Crippen LogP contribution in [0.2, 0.25) is 0 Å². The van der Waals surface area contributed by atoms with E-state index in [-0.39, 0.29) is 5.03 Å². The largest absolute Gasteiger partial charge is 0.316 e. The zero-order chi connectivity index (χ0) is 15.1. The third-order valence-electron chi connectivity index (χ3n) is 2.85. The van der Waals surface area contributed by atoms with E-state index in [1.807, 2.05) is 25.2 Å². The van der Waals surface area contributed by atoms with E-state index in [0.29, 0.717) is 19.5 Å². The number of sulfonamides is 1. The van der Waals surface area contributed by atoms with E-state index in [2.05, 4.69) is 20.0 Å². The predicted octanol–water partition coefficient (Wildman–Crippen LogP) is 0.717. The average molecular weight is 306 g/mol. The van der Waals surface area contributed by atoms with Crippen molar-refractivity contribution in [1.29, 1.82) is 0 Å². The maximum absolute atomic E-state index is 12.1. The SMILES string of the molecule is CNCc1ccc(S(=O)(=O)NCCc2ccccn2)nc1. The fourth-order valence-corrected chi connectivity index (χ4v) is 2.77. The van der Waals surface area contributed by atoms with E-state index in [9.17, 15) is 8.42 Å². The summed E-state index contributed by atoms with van der Waals surface area (Å²) in [5.41, 5.74) is 1.78. The molecule has 0 aliphatic heterocycles. The van der Waals surface area contributed by atoms with E-state index >= 15 is 0 Å². The molecule has 0 aliphatic rings. The molecule has 7 heteroatoms. The molecule has 2 aromatic heterocycles. The standard InChI is InChI=1S/C14H18N4O2S/c1-15-10-12-5-6-14(17-11-12)21(19,20)18-9-7-13-4-2-3-8-16-13/h2-6,8,11,15,18H,7,9-10H2,1H3. The van der Waals surface area contributed by atoms with Crippen LogP contribution >= 0.6 is 0 Å². The quantitative estimate of drug-likeness (QED) is 0.787. The first-order chi connectivity index (χ1) is 10.1. The number of nitrogens with one attached hydrogen (secondary N) is 2. The Kier molecular flexibility index (Phi) is 5.38. The van der Waals surface area contributed by atoms with Crippen molar-refractivity contribution in [3.63, 3.8) is 0 Å². The van der Waals surface area contributed by atoms with Gasteiger partial charge in [-0.2, -0.15) is 0 Å². The second kappa shape index (κ2) is 7.26. The van der Waals surface area contributed by atoms with Gasteiger partial charge in [-0.3, -0.25) is 4.98 Å². The molecule has 0 aromatic carbocycles. The van der Waals surface area contributed by atoms with Crippen LogP contribution in [0.5, 0.6) is 0 Å². The van der Waals surface area contributed by atoms with Crippen LogP contribution < -0.4 is 10.0 Å². The Morgan fingerprint density at radius 3 is 2.62 bits per heavy atom. The fourth-order valence-electron chi connectivity index (χ4n) is 1.81. The number of nitrogens with zero attached hydrogens (tertiary/aromatic N) is 2. The third-order valence-corrected chi connectivity index (χ3v) is 4.23. The summed E-state index contributed by atoms with van der Waals surface area (Å²) in [4.78, 5) is 8.13. The van der Waals surface area contributed by atoms with Crippen LogP contribution in [-0.4, -0.2) is 32.0 Å². The summed E-state index contributed by atoms with van der Waals surface area (Å²) in [6, 6.07) is 8.81. The molecule has 0 aliphatic carbocycles. The zero-order valence-corrected chi connectivity index (χ0v) is 12.6. The van der Waals surface area contributed by atoms with Gasteiger partial charge in [-0.05, 0) is 30.8 Å². The Morgan fingerprint density at radius 2 is 2.00 bits per heavy atom. The molecule has 2 aromatic rings. The zero-order valence-electron chi connectivity index (χ0n) is 11.8. The molecular weight excluding hydrogens is 288 g/mol. The van der Waals surface area contributed by atoms with Crippen molar-refractivity contribution in [1.82, 2.24) is 20.0 Å². The lowest BCUT2D eigenvalue weighted by molar-refractivity contribution is 0.577. The molecule has 0 amide bonds. The Hall–Kier alpha value is -1.83. The first-order valence-corrected chi connectivity index (χ1v) is 8.09. The highest BCUT2D eigenvalue weighted by Crippen LogP contribution is 2.06. The van der Waals surface area contributed by atoms with Crippen molar-refractivity contribution in [2.45, 2.75) is 18.0 Å². The smallest absolute Gasteiger partial charge is 0.258 e. The molecule has 2 N–H and O–H groups in total. The van der Waals surface area contributed by atoms with Gasteiger partial charge >= 0.3 is 0 Å². The van der Waals surface area contributed by atoms with Crippen LogP contribution in [0.25, 0.3) is 0 Å². The molecule has 112 valence electrons. The highest BCUT2D eigenvalue weighted by atomic mass is 32.2. The van der Waals surface area contributed by atoms with Crippen molar-refractivity contribution < 1.29 is 8.42 Å². The predicted molar refractivity (Wildman–Crippen MR) is 80.1 cm³/mol. The van der Waals surface area contributed by atoms with E-state index in [1.54, 1.807) is 18.5 Å². The molecule has 0 radical (unpaired) electrons. The number of hydrogen-bond donors (Lipinski definition) is 2. The molecule has 6 nitrogen and oxygen atoms in total. The van der Waals surface area contributed by atoms with Crippen LogP contribution in [0.15, 0.2) is 47.8 Å². The van der Waals surface area contributed by atoms with Gasteiger partial charge < -0.3 is 5.32 Å². The van der Waals surface area contributed by atoms with Crippen molar-refractivity contribution >= 4 is 10.0 Å². The summed E-state index contributed by atoms with van der Waals surface area (Å²) < 4.78 is 26.7. The first-order valence-electron chi connectivity index (χ1n) is 6.61. The number of hydrogen-bond acceptors (Lipinski definition) is 5. The maximum atomic E-state index is 12.1. The van der Waals surface area contributed by atoms with Gasteiger partial charge in [0.05, 0.1) is 0 Å². The molecule has 2 rings (SSSR count). The third kappa shape index (κ3) is 4.59. The van der Waals surface area contributed by atoms with Gasteiger partial charge in [0.15, 0.2) is 5.03 Å². The fraction of sp³-hybridized carbons (Fsp3) is 0.286. The molecule has 21 heavy (non-hydrogen) atoms. The molecular formula is C14H18N4O2S. The van der Waals surface area contributed by atoms with Gasteiger partial charge in [0.1, 0.15) is 0 Å². The molecule has 2 heterocycles. The summed E-state index contributed by atoms with van der Waals surface area (Å²) in [6.45, 7) is 0.944. The number of rotatable bonds is 7. The minimum absolute atomic E-state index is 0.0309. The summed E-state index contributed by atoms with van der Waals surface area (Å²) in [7, 11) is -1.75. The lowest BCUT2D eigenvalue weighted by Gasteiger charge is -2.06. The van der Waals surface area contributed by atoms with Crippen LogP contribution in [0.4, 0.5) is 0 Å². The van der Waals surface area contributed by atoms with Gasteiger partial charge in [-0.25, -0.2) is 18.1 Å². The Bertz CT molecular complexity index is 657. The number of pyridine rings is 2. The molecule has 0 spiro atoms. The summed E-state index contributed by atoms with van der Waals surface area (Å²) in [6.07, 6.45) is 3.79. The minimum Gasteiger partial charge on any atom is -0.316 e. The Labute approximate surface area is 124 Å². The summed E-state index contributed by atoms with van der Waals surface area (Å²) in [5.74, 6) is 0. The highest BCUT2D eigenvalue weighted by molar-refractivity contribution is 7.89. The average Bonchev–Trinajstić information content (AvgIpc) is 2.49. The van der Waals surface area contributed by atoms with E-state index in [1.165, 1.54) is 6.07 Å². The van der Waals surface area contributed by atoms with Crippen LogP contribution in [0.3, 0.4) is 0 Å². The van der Waals surface area contributed by atoms with Gasteiger partial charge in [-0.1, -0.05) is 12.1 Å². The van der Waals surface area contributed by atoms with E-state index in [0.717, 1.165) is 11.3 Å². The lowest BCUT2D eigenvalue weighted by atomic mass is 10.3. The second-order valence-electron chi connectivity index (χ2n) is 4.50. The summed E-state index contributed by atoms with van der Waals surface area (Å²) >= 11 is 0. The monoisotopic (exact) mass is 306 g/mol. The molecule has 0 bridgehead atoms. The molecule has 0 unspecified atom stereocenters. The Morgan fingerprint density at radius 1 is 1.14 bits per heavy atom. The molecule has 0 atom stereocenters. The molecule has 0 saturated heterocycles. The van der Waals surface area contributed by atoms with Gasteiger partial charge in [-0.15, -0.1) is 0 Å². The van der Waals surface area contributed by atoms with Crippen molar-refractivity contribution in [3.8, 4) is 0 Å². The van der Waals surface area contributed by atoms with Crippen molar-refractivity contribution in [2.24, 2.45) is 0 Å². The van der Waals surface area contributed by atoms with Crippen LogP contribution in [0.1, 0.15) is 11.3 Å². The van der Waals surface area contributed by atoms with Gasteiger partial charge in [0.25, 0.3) is 10.0 Å². The van der Waals surface area contributed by atoms with Crippen molar-refractivity contribution in [3.05, 3.63) is 54.0 Å².